The van der Waals surface area contributed by atoms with Gasteiger partial charge in [-0.05, 0) is 67.3 Å². The normalized spacial score (nSPS) is 15.4. The number of alkyl halides is 6. The molecule has 5 aromatic rings. The molecule has 9 nitrogen and oxygen atoms in total. The van der Waals surface area contributed by atoms with Crippen LogP contribution in [0.3, 0.4) is 0 Å². The second-order valence-electron chi connectivity index (χ2n) is 11.2. The molecule has 0 amide bonds. The molecule has 16 heteroatoms. The lowest BCUT2D eigenvalue weighted by Gasteiger charge is -2.22. The number of rotatable bonds is 10. The quantitative estimate of drug-likeness (QED) is 0.106. The van der Waals surface area contributed by atoms with Crippen LogP contribution in [-0.2, 0) is 34.8 Å². The summed E-state index contributed by atoms with van der Waals surface area (Å²) in [7, 11) is 0. The van der Waals surface area contributed by atoms with Crippen LogP contribution in [0.5, 0.6) is 0 Å². The number of pyridine rings is 1. The summed E-state index contributed by atoms with van der Waals surface area (Å²) in [5, 5.41) is 12.5. The van der Waals surface area contributed by atoms with Crippen molar-refractivity contribution in [1.29, 1.82) is 0 Å². The number of ether oxygens (including phenoxy) is 2. The van der Waals surface area contributed by atoms with E-state index in [2.05, 4.69) is 20.5 Å². The first-order chi connectivity index (χ1) is 23.4. The van der Waals surface area contributed by atoms with E-state index in [0.717, 1.165) is 17.5 Å². The Morgan fingerprint density at radius 1 is 0.980 bits per heavy atom. The van der Waals surface area contributed by atoms with E-state index in [9.17, 15) is 31.1 Å². The highest BCUT2D eigenvalue weighted by Crippen LogP contribution is 2.38. The Balaban J connectivity index is 1.43. The van der Waals surface area contributed by atoms with Gasteiger partial charge in [-0.25, -0.2) is 4.68 Å². The number of ketones is 1. The van der Waals surface area contributed by atoms with Crippen LogP contribution < -0.4 is 0 Å². The lowest BCUT2D eigenvalue weighted by Crippen LogP contribution is -2.23. The molecule has 3 aromatic heterocycles. The number of carbonyl (C=O) groups excluding carboxylic acids is 1. The molecule has 1 saturated heterocycles. The van der Waals surface area contributed by atoms with Crippen LogP contribution in [0.15, 0.2) is 71.5 Å². The maximum atomic E-state index is 14.5. The van der Waals surface area contributed by atoms with E-state index < -0.39 is 42.1 Å². The van der Waals surface area contributed by atoms with Crippen molar-refractivity contribution >= 4 is 17.4 Å². The first kappa shape index (κ1) is 34.3. The average molecular weight is 706 g/mol. The zero-order chi connectivity index (χ0) is 34.8. The molecule has 0 aliphatic carbocycles. The molecule has 0 spiro atoms. The van der Waals surface area contributed by atoms with Crippen molar-refractivity contribution < 1.29 is 45.1 Å². The fourth-order valence-electron chi connectivity index (χ4n) is 5.46. The molecule has 0 bridgehead atoms. The number of hydrogen-bond donors (Lipinski definition) is 0. The molecule has 0 saturated carbocycles. The molecule has 256 valence electrons. The number of nitrogens with zero attached hydrogens (tertiary/aromatic N) is 5. The van der Waals surface area contributed by atoms with Gasteiger partial charge < -0.3 is 14.0 Å². The molecule has 2 aromatic carbocycles. The Labute approximate surface area is 279 Å². The van der Waals surface area contributed by atoms with Crippen molar-refractivity contribution in [3.63, 3.8) is 0 Å². The second kappa shape index (κ2) is 14.1. The molecule has 1 aliphatic heterocycles. The lowest BCUT2D eigenvalue weighted by atomic mass is 9.97. The number of carbonyl (C=O) groups is 1. The summed E-state index contributed by atoms with van der Waals surface area (Å²) in [6.07, 6.45) is -5.01. The van der Waals surface area contributed by atoms with Crippen LogP contribution >= 0.6 is 11.6 Å². The van der Waals surface area contributed by atoms with Gasteiger partial charge in [0.2, 0.25) is 5.78 Å². The van der Waals surface area contributed by atoms with Gasteiger partial charge in [0, 0.05) is 36.5 Å². The summed E-state index contributed by atoms with van der Waals surface area (Å²) in [4.78, 5) is 18.5. The van der Waals surface area contributed by atoms with E-state index in [1.807, 2.05) is 0 Å². The van der Waals surface area contributed by atoms with Gasteiger partial charge in [-0.15, -0.1) is 5.10 Å². The van der Waals surface area contributed by atoms with Crippen molar-refractivity contribution in [3.05, 3.63) is 106 Å². The molecular weight excluding hydrogens is 680 g/mol. The van der Waals surface area contributed by atoms with E-state index in [1.165, 1.54) is 24.5 Å². The van der Waals surface area contributed by atoms with Gasteiger partial charge in [0.1, 0.15) is 5.69 Å². The number of aromatic nitrogens is 5. The van der Waals surface area contributed by atoms with Gasteiger partial charge in [-0.3, -0.25) is 9.78 Å². The fraction of sp³-hybridized carbons (Fsp3) is 0.303. The highest BCUT2D eigenvalue weighted by molar-refractivity contribution is 6.33. The van der Waals surface area contributed by atoms with Crippen molar-refractivity contribution in [2.24, 2.45) is 0 Å². The molecule has 1 aliphatic rings. The molecule has 1 unspecified atom stereocenters. The number of hydrogen-bond acceptors (Lipinski definition) is 8. The topological polar surface area (TPSA) is 105 Å². The van der Waals surface area contributed by atoms with Crippen LogP contribution in [-0.4, -0.2) is 50.4 Å². The predicted molar refractivity (Wildman–Crippen MR) is 162 cm³/mol. The Kier molecular flexibility index (Phi) is 9.86. The number of benzene rings is 2. The van der Waals surface area contributed by atoms with E-state index in [4.69, 9.17) is 25.6 Å². The summed E-state index contributed by atoms with van der Waals surface area (Å²) in [5.41, 5.74) is -2.72. The SMILES string of the molecule is O=C(c1nnn(Cc2cc(C(F)(F)F)cc(C(F)(F)F)c2)c1-c1ccncc1)c1c(CCOC2CCCCO2)noc1-c1ccccc1Cl. The van der Waals surface area contributed by atoms with Gasteiger partial charge in [0.25, 0.3) is 0 Å². The van der Waals surface area contributed by atoms with Crippen LogP contribution in [0.1, 0.15) is 57.7 Å². The summed E-state index contributed by atoms with van der Waals surface area (Å²) < 4.78 is 100.0. The molecule has 0 radical (unpaired) electrons. The lowest BCUT2D eigenvalue weighted by molar-refractivity contribution is -0.161. The Bertz CT molecular complexity index is 1910. The third-order valence-electron chi connectivity index (χ3n) is 7.77. The van der Waals surface area contributed by atoms with Crippen molar-refractivity contribution in [3.8, 4) is 22.6 Å². The van der Waals surface area contributed by atoms with Crippen LogP contribution in [0.4, 0.5) is 26.3 Å². The van der Waals surface area contributed by atoms with Gasteiger partial charge in [-0.2, -0.15) is 26.3 Å². The predicted octanol–water partition coefficient (Wildman–Crippen LogP) is 8.05. The first-order valence-electron chi connectivity index (χ1n) is 15.0. The molecule has 0 N–H and O–H groups in total. The fourth-order valence-corrected chi connectivity index (χ4v) is 5.68. The monoisotopic (exact) mass is 705 g/mol. The maximum absolute atomic E-state index is 14.5. The summed E-state index contributed by atoms with van der Waals surface area (Å²) >= 11 is 6.47. The first-order valence-corrected chi connectivity index (χ1v) is 15.4. The van der Waals surface area contributed by atoms with Crippen molar-refractivity contribution in [2.75, 3.05) is 13.2 Å². The van der Waals surface area contributed by atoms with E-state index in [1.54, 1.807) is 24.3 Å². The van der Waals surface area contributed by atoms with Gasteiger partial charge in [0.05, 0.1) is 40.6 Å². The standard InChI is InChI=1S/C33H26ClF6N5O4/c34-24-6-2-1-5-23(24)31-27(25(43-49-31)10-14-48-26-7-3-4-13-47-26)30(46)28-29(20-8-11-41-12-9-20)45(44-42-28)18-19-15-21(32(35,36)37)17-22(16-19)33(38,39)40/h1-2,5-6,8-9,11-12,15-17,26H,3-4,7,10,13-14,18H2. The molecule has 1 atom stereocenters. The zero-order valence-electron chi connectivity index (χ0n) is 25.4. The van der Waals surface area contributed by atoms with Crippen molar-refractivity contribution in [1.82, 2.24) is 25.1 Å². The van der Waals surface area contributed by atoms with Gasteiger partial charge in [0.15, 0.2) is 17.7 Å². The van der Waals surface area contributed by atoms with E-state index >= 15 is 0 Å². The van der Waals surface area contributed by atoms with Gasteiger partial charge in [-0.1, -0.05) is 34.1 Å². The van der Waals surface area contributed by atoms with Crippen LogP contribution in [0.2, 0.25) is 5.02 Å². The smallest absolute Gasteiger partial charge is 0.355 e. The minimum atomic E-state index is -5.06. The third kappa shape index (κ3) is 7.68. The highest BCUT2D eigenvalue weighted by Gasteiger charge is 2.37. The highest BCUT2D eigenvalue weighted by atomic mass is 35.5. The summed E-state index contributed by atoms with van der Waals surface area (Å²) in [6, 6.07) is 10.8. The Morgan fingerprint density at radius 3 is 2.35 bits per heavy atom. The minimum Gasteiger partial charge on any atom is -0.355 e. The maximum Gasteiger partial charge on any atom is 0.416 e. The van der Waals surface area contributed by atoms with Crippen LogP contribution in [0.25, 0.3) is 22.6 Å². The molecule has 49 heavy (non-hydrogen) atoms. The molecule has 1 fully saturated rings. The van der Waals surface area contributed by atoms with E-state index in [0.29, 0.717) is 36.3 Å². The minimum absolute atomic E-state index is 0.0120. The Morgan fingerprint density at radius 2 is 1.69 bits per heavy atom. The van der Waals surface area contributed by atoms with E-state index in [-0.39, 0.29) is 58.1 Å². The molecule has 6 rings (SSSR count). The zero-order valence-corrected chi connectivity index (χ0v) is 26.1. The van der Waals surface area contributed by atoms with Crippen LogP contribution in [0, 0.1) is 0 Å². The summed E-state index contributed by atoms with van der Waals surface area (Å²) in [6.45, 7) is 0.106. The third-order valence-corrected chi connectivity index (χ3v) is 8.10. The second-order valence-corrected chi connectivity index (χ2v) is 11.6. The summed E-state index contributed by atoms with van der Waals surface area (Å²) in [5.74, 6) is -0.694. The number of halogens is 7. The molecular formula is C33H26ClF6N5O4. The average Bonchev–Trinajstić information content (AvgIpc) is 3.69. The Hall–Kier alpha value is -4.60. The van der Waals surface area contributed by atoms with Gasteiger partial charge >= 0.3 is 12.4 Å². The molecule has 4 heterocycles. The largest absolute Gasteiger partial charge is 0.416 e. The van der Waals surface area contributed by atoms with Crippen molar-refractivity contribution in [2.45, 2.75) is 50.9 Å².